The molecule has 0 aliphatic rings. The molecule has 1 aromatic heterocycles. The molecule has 0 unspecified atom stereocenters. The van der Waals surface area contributed by atoms with E-state index in [9.17, 15) is 39.9 Å². The Balaban J connectivity index is 3.04. The maximum atomic E-state index is 13.0. The van der Waals surface area contributed by atoms with Crippen LogP contribution in [-0.4, -0.2) is 35.1 Å². The van der Waals surface area contributed by atoms with Gasteiger partial charge in [-0.25, -0.2) is 13.8 Å². The van der Waals surface area contributed by atoms with Crippen molar-refractivity contribution < 1.29 is 39.9 Å². The third-order valence-corrected chi connectivity index (χ3v) is 2.71. The minimum atomic E-state index is -6.57. The van der Waals surface area contributed by atoms with Crippen LogP contribution in [0, 0.1) is 0 Å². The number of hydrogen-bond acceptors (Lipinski definition) is 3. The third-order valence-electron chi connectivity index (χ3n) is 2.02. The van der Waals surface area contributed by atoms with Crippen LogP contribution in [0.4, 0.5) is 40.3 Å². The molecular formula is C8H4F8N2OS. The summed E-state index contributed by atoms with van der Waals surface area (Å²) >= 11 is 0.535. The number of carbonyl (C=O) groups excluding carboxylic acids is 1. The average molecular weight is 328 g/mol. The summed E-state index contributed by atoms with van der Waals surface area (Å²) in [5.41, 5.74) is 0. The fourth-order valence-electron chi connectivity index (χ4n) is 0.950. The van der Waals surface area contributed by atoms with Crippen LogP contribution in [0.15, 0.2) is 11.6 Å². The molecule has 1 amide bonds. The molecule has 0 saturated carbocycles. The van der Waals surface area contributed by atoms with Gasteiger partial charge in [-0.2, -0.15) is 26.3 Å². The Labute approximate surface area is 109 Å². The molecule has 12 heteroatoms. The quantitative estimate of drug-likeness (QED) is 0.843. The molecule has 0 radical (unpaired) electrons. The molecule has 1 rings (SSSR count). The van der Waals surface area contributed by atoms with Crippen LogP contribution >= 0.6 is 11.3 Å². The highest BCUT2D eigenvalue weighted by molar-refractivity contribution is 7.13. The van der Waals surface area contributed by atoms with Crippen LogP contribution in [0.3, 0.4) is 0 Å². The van der Waals surface area contributed by atoms with Crippen LogP contribution in [0.5, 0.6) is 0 Å². The van der Waals surface area contributed by atoms with E-state index >= 15 is 0 Å². The van der Waals surface area contributed by atoms with Gasteiger partial charge in [0.2, 0.25) is 0 Å². The molecule has 0 aliphatic heterocycles. The summed E-state index contributed by atoms with van der Waals surface area (Å²) in [5, 5.41) is 1.73. The molecule has 114 valence electrons. The van der Waals surface area contributed by atoms with E-state index in [0.717, 1.165) is 11.5 Å². The van der Waals surface area contributed by atoms with E-state index in [-0.39, 0.29) is 0 Å². The summed E-state index contributed by atoms with van der Waals surface area (Å²) in [4.78, 5) is 14.1. The van der Waals surface area contributed by atoms with Gasteiger partial charge < -0.3 is 0 Å². The van der Waals surface area contributed by atoms with Gasteiger partial charge in [0, 0.05) is 11.6 Å². The molecule has 1 aromatic rings. The highest BCUT2D eigenvalue weighted by Gasteiger charge is 2.78. The molecule has 3 nitrogen and oxygen atoms in total. The maximum absolute atomic E-state index is 13.0. The van der Waals surface area contributed by atoms with Crippen molar-refractivity contribution in [3.8, 4) is 0 Å². The van der Waals surface area contributed by atoms with Crippen molar-refractivity contribution in [3.63, 3.8) is 0 Å². The lowest BCUT2D eigenvalue weighted by Crippen LogP contribution is -2.61. The van der Waals surface area contributed by atoms with E-state index in [1.54, 1.807) is 0 Å². The van der Waals surface area contributed by atoms with Crippen molar-refractivity contribution in [3.05, 3.63) is 11.6 Å². The van der Waals surface area contributed by atoms with E-state index in [1.165, 1.54) is 5.38 Å². The van der Waals surface area contributed by atoms with Crippen LogP contribution < -0.4 is 5.32 Å². The minimum absolute atomic E-state index is 0.535. The second kappa shape index (κ2) is 5.14. The van der Waals surface area contributed by atoms with E-state index in [1.807, 2.05) is 0 Å². The zero-order chi connectivity index (χ0) is 15.8. The minimum Gasteiger partial charge on any atom is -0.296 e. The van der Waals surface area contributed by atoms with Gasteiger partial charge in [-0.3, -0.25) is 10.1 Å². The molecular weight excluding hydrogens is 324 g/mol. The van der Waals surface area contributed by atoms with Crippen molar-refractivity contribution in [2.45, 2.75) is 24.2 Å². The fourth-order valence-corrected chi connectivity index (χ4v) is 1.47. The number of carbonyl (C=O) groups is 1. The SMILES string of the molecule is O=C(Nc1nccs1)C(F)(F)C(F)(F)C(F)(F)C(F)F. The first kappa shape index (κ1) is 16.6. The molecule has 0 atom stereocenters. The second-order valence-corrected chi connectivity index (χ2v) is 4.26. The number of halogens is 8. The van der Waals surface area contributed by atoms with Gasteiger partial charge in [0.25, 0.3) is 0 Å². The highest BCUT2D eigenvalue weighted by atomic mass is 32.1. The van der Waals surface area contributed by atoms with Gasteiger partial charge >= 0.3 is 30.1 Å². The normalized spacial score (nSPS) is 13.7. The predicted octanol–water partition coefficient (Wildman–Crippen LogP) is 3.25. The smallest absolute Gasteiger partial charge is 0.296 e. The monoisotopic (exact) mass is 328 g/mol. The van der Waals surface area contributed by atoms with Gasteiger partial charge in [-0.05, 0) is 0 Å². The Hall–Kier alpha value is -1.46. The van der Waals surface area contributed by atoms with Gasteiger partial charge in [0.15, 0.2) is 5.13 Å². The summed E-state index contributed by atoms with van der Waals surface area (Å²) in [6.07, 6.45) is -4.07. The molecule has 0 aromatic carbocycles. The van der Waals surface area contributed by atoms with Crippen LogP contribution in [-0.2, 0) is 4.79 Å². The highest BCUT2D eigenvalue weighted by Crippen LogP contribution is 2.48. The lowest BCUT2D eigenvalue weighted by atomic mass is 10.0. The summed E-state index contributed by atoms with van der Waals surface area (Å²) in [7, 11) is 0. The summed E-state index contributed by atoms with van der Waals surface area (Å²) < 4.78 is 100. The number of nitrogens with one attached hydrogen (secondary N) is 1. The number of anilines is 1. The van der Waals surface area contributed by atoms with Gasteiger partial charge in [0.1, 0.15) is 0 Å². The van der Waals surface area contributed by atoms with Crippen molar-refractivity contribution in [1.82, 2.24) is 4.98 Å². The Morgan fingerprint density at radius 1 is 1.20 bits per heavy atom. The third kappa shape index (κ3) is 2.55. The first-order valence-electron chi connectivity index (χ1n) is 4.57. The zero-order valence-electron chi connectivity index (χ0n) is 9.02. The largest absolute Gasteiger partial charge is 0.393 e. The predicted molar refractivity (Wildman–Crippen MR) is 51.6 cm³/mol. The molecule has 0 fully saturated rings. The molecule has 20 heavy (non-hydrogen) atoms. The Morgan fingerprint density at radius 3 is 2.15 bits per heavy atom. The number of aromatic nitrogens is 1. The first-order valence-corrected chi connectivity index (χ1v) is 5.45. The number of hydrogen-bond donors (Lipinski definition) is 1. The fraction of sp³-hybridized carbons (Fsp3) is 0.500. The molecule has 1 N–H and O–H groups in total. The topological polar surface area (TPSA) is 42.0 Å². The Kier molecular flexibility index (Phi) is 4.27. The average Bonchev–Trinajstić information content (AvgIpc) is 2.80. The Bertz CT molecular complexity index is 475. The summed E-state index contributed by atoms with van der Waals surface area (Å²) in [5.74, 6) is -21.9. The van der Waals surface area contributed by atoms with Gasteiger partial charge in [-0.1, -0.05) is 0 Å². The number of nitrogens with zero attached hydrogens (tertiary/aromatic N) is 1. The standard InChI is InChI=1S/C8H4F8N2OS/c9-3(10)6(11,12)8(15,16)7(13,14)4(19)18-5-17-1-2-20-5/h1-3H,(H,17,18,19). The lowest BCUT2D eigenvalue weighted by Gasteiger charge is -2.30. The molecule has 1 heterocycles. The molecule has 0 saturated heterocycles. The number of alkyl halides is 8. The molecule has 0 bridgehead atoms. The van der Waals surface area contributed by atoms with Crippen molar-refractivity contribution in [1.29, 1.82) is 0 Å². The summed E-state index contributed by atoms with van der Waals surface area (Å²) in [6, 6.07) is 0. The maximum Gasteiger partial charge on any atom is 0.393 e. The van der Waals surface area contributed by atoms with E-state index in [4.69, 9.17) is 0 Å². The molecule has 0 aliphatic carbocycles. The van der Waals surface area contributed by atoms with Crippen LogP contribution in [0.25, 0.3) is 0 Å². The number of thiazole rings is 1. The zero-order valence-corrected chi connectivity index (χ0v) is 9.84. The van der Waals surface area contributed by atoms with Gasteiger partial charge in [0.05, 0.1) is 0 Å². The van der Waals surface area contributed by atoms with Crippen molar-refractivity contribution in [2.24, 2.45) is 0 Å². The van der Waals surface area contributed by atoms with E-state index < -0.39 is 35.2 Å². The van der Waals surface area contributed by atoms with Gasteiger partial charge in [-0.15, -0.1) is 11.3 Å². The van der Waals surface area contributed by atoms with Crippen LogP contribution in [0.1, 0.15) is 0 Å². The summed E-state index contributed by atoms with van der Waals surface area (Å²) in [6.45, 7) is 0. The van der Waals surface area contributed by atoms with Crippen molar-refractivity contribution in [2.75, 3.05) is 5.32 Å². The second-order valence-electron chi connectivity index (χ2n) is 3.36. The van der Waals surface area contributed by atoms with Crippen LogP contribution in [0.2, 0.25) is 0 Å². The number of rotatable bonds is 5. The van der Waals surface area contributed by atoms with E-state index in [0.29, 0.717) is 11.3 Å². The first-order chi connectivity index (χ1) is 8.94. The van der Waals surface area contributed by atoms with E-state index in [2.05, 4.69) is 4.98 Å². The Morgan fingerprint density at radius 2 is 1.75 bits per heavy atom. The van der Waals surface area contributed by atoms with Crippen molar-refractivity contribution >= 4 is 22.4 Å². The molecule has 0 spiro atoms. The number of amides is 1. The lowest BCUT2D eigenvalue weighted by molar-refractivity contribution is -0.326.